The van der Waals surface area contributed by atoms with Crippen molar-refractivity contribution in [1.29, 1.82) is 0 Å². The van der Waals surface area contributed by atoms with Gasteiger partial charge in [-0.3, -0.25) is 4.79 Å². The molecule has 2 aromatic rings. The van der Waals surface area contributed by atoms with Crippen molar-refractivity contribution in [3.63, 3.8) is 0 Å². The molecule has 0 radical (unpaired) electrons. The molecular formula is C11H12N4OS. The van der Waals surface area contributed by atoms with Gasteiger partial charge in [0.25, 0.3) is 5.91 Å². The standard InChI is InChI=1S/C11H12N4OS/c1-7-14-5-8(17-7)6-15-11-9(10(12)16)3-2-4-13-11/h2-5H,6H2,1H3,(H2,12,16)(H,13,15). The van der Waals surface area contributed by atoms with Gasteiger partial charge in [0.15, 0.2) is 0 Å². The molecule has 0 aliphatic rings. The van der Waals surface area contributed by atoms with Crippen LogP contribution >= 0.6 is 11.3 Å². The molecule has 0 saturated heterocycles. The quantitative estimate of drug-likeness (QED) is 0.860. The van der Waals surface area contributed by atoms with Crippen molar-refractivity contribution in [2.45, 2.75) is 13.5 Å². The molecule has 0 aliphatic carbocycles. The first-order valence-corrected chi connectivity index (χ1v) is 5.88. The van der Waals surface area contributed by atoms with E-state index in [4.69, 9.17) is 5.73 Å². The highest BCUT2D eigenvalue weighted by Gasteiger charge is 2.08. The Hall–Kier alpha value is -1.95. The molecule has 2 aromatic heterocycles. The van der Waals surface area contributed by atoms with Crippen LogP contribution in [-0.2, 0) is 6.54 Å². The van der Waals surface area contributed by atoms with Gasteiger partial charge in [-0.05, 0) is 19.1 Å². The average molecular weight is 248 g/mol. The van der Waals surface area contributed by atoms with Crippen LogP contribution in [0.15, 0.2) is 24.5 Å². The molecule has 3 N–H and O–H groups in total. The number of thiazole rings is 1. The summed E-state index contributed by atoms with van der Waals surface area (Å²) in [5.41, 5.74) is 5.66. The molecule has 6 heteroatoms. The van der Waals surface area contributed by atoms with Crippen LogP contribution in [0.25, 0.3) is 0 Å². The first kappa shape index (κ1) is 11.5. The summed E-state index contributed by atoms with van der Waals surface area (Å²) in [6.07, 6.45) is 3.42. The summed E-state index contributed by atoms with van der Waals surface area (Å²) < 4.78 is 0. The van der Waals surface area contributed by atoms with Gasteiger partial charge in [0.05, 0.1) is 17.1 Å². The molecular weight excluding hydrogens is 236 g/mol. The predicted octanol–water partition coefficient (Wildman–Crippen LogP) is 1.56. The summed E-state index contributed by atoms with van der Waals surface area (Å²) in [6, 6.07) is 3.33. The second-order valence-electron chi connectivity index (χ2n) is 3.46. The average Bonchev–Trinajstić information content (AvgIpc) is 2.73. The fraction of sp³-hybridized carbons (Fsp3) is 0.182. The highest BCUT2D eigenvalue weighted by Crippen LogP contribution is 2.15. The first-order chi connectivity index (χ1) is 8.16. The van der Waals surface area contributed by atoms with E-state index in [2.05, 4.69) is 15.3 Å². The first-order valence-electron chi connectivity index (χ1n) is 5.07. The van der Waals surface area contributed by atoms with Gasteiger partial charge in [-0.25, -0.2) is 9.97 Å². The number of amides is 1. The molecule has 0 fully saturated rings. The lowest BCUT2D eigenvalue weighted by Crippen LogP contribution is -2.15. The van der Waals surface area contributed by atoms with Crippen LogP contribution in [0.2, 0.25) is 0 Å². The number of hydrogen-bond acceptors (Lipinski definition) is 5. The molecule has 0 aliphatic heterocycles. The number of hydrogen-bond donors (Lipinski definition) is 2. The van der Waals surface area contributed by atoms with Crippen LogP contribution < -0.4 is 11.1 Å². The van der Waals surface area contributed by atoms with Crippen LogP contribution in [0.5, 0.6) is 0 Å². The highest BCUT2D eigenvalue weighted by molar-refractivity contribution is 7.11. The van der Waals surface area contributed by atoms with E-state index in [1.807, 2.05) is 6.92 Å². The second kappa shape index (κ2) is 4.92. The van der Waals surface area contributed by atoms with Crippen molar-refractivity contribution in [3.05, 3.63) is 40.0 Å². The minimum atomic E-state index is -0.485. The van der Waals surface area contributed by atoms with Crippen LogP contribution in [0, 0.1) is 6.92 Å². The van der Waals surface area contributed by atoms with Gasteiger partial charge in [-0.1, -0.05) is 0 Å². The van der Waals surface area contributed by atoms with E-state index in [0.29, 0.717) is 17.9 Å². The molecule has 0 bridgehead atoms. The van der Waals surface area contributed by atoms with Crippen molar-refractivity contribution >= 4 is 23.1 Å². The number of aromatic nitrogens is 2. The van der Waals surface area contributed by atoms with Gasteiger partial charge in [0, 0.05) is 17.3 Å². The summed E-state index contributed by atoms with van der Waals surface area (Å²) in [6.45, 7) is 2.53. The number of primary amides is 1. The molecule has 0 spiro atoms. The van der Waals surface area contributed by atoms with E-state index in [-0.39, 0.29) is 0 Å². The minimum absolute atomic E-state index is 0.397. The van der Waals surface area contributed by atoms with E-state index >= 15 is 0 Å². The molecule has 5 nitrogen and oxygen atoms in total. The number of nitrogens with one attached hydrogen (secondary N) is 1. The zero-order chi connectivity index (χ0) is 12.3. The van der Waals surface area contributed by atoms with Gasteiger partial charge in [0.1, 0.15) is 5.82 Å². The minimum Gasteiger partial charge on any atom is -0.365 e. The number of carbonyl (C=O) groups excluding carboxylic acids is 1. The van der Waals surface area contributed by atoms with Gasteiger partial charge >= 0.3 is 0 Å². The summed E-state index contributed by atoms with van der Waals surface area (Å²) in [4.78, 5) is 20.5. The van der Waals surface area contributed by atoms with Crippen molar-refractivity contribution in [2.75, 3.05) is 5.32 Å². The zero-order valence-electron chi connectivity index (χ0n) is 9.30. The maximum atomic E-state index is 11.2. The normalized spacial score (nSPS) is 10.2. The van der Waals surface area contributed by atoms with E-state index in [9.17, 15) is 4.79 Å². The zero-order valence-corrected chi connectivity index (χ0v) is 10.1. The van der Waals surface area contributed by atoms with Crippen LogP contribution in [0.3, 0.4) is 0 Å². The van der Waals surface area contributed by atoms with Crippen molar-refractivity contribution in [1.82, 2.24) is 9.97 Å². The van der Waals surface area contributed by atoms with E-state index in [1.54, 1.807) is 35.9 Å². The Morgan fingerprint density at radius 2 is 2.35 bits per heavy atom. The third-order valence-corrected chi connectivity index (χ3v) is 3.09. The summed E-state index contributed by atoms with van der Waals surface area (Å²) in [7, 11) is 0. The molecule has 0 saturated carbocycles. The molecule has 0 atom stereocenters. The van der Waals surface area contributed by atoms with E-state index in [0.717, 1.165) is 9.88 Å². The highest BCUT2D eigenvalue weighted by atomic mass is 32.1. The van der Waals surface area contributed by atoms with Gasteiger partial charge in [-0.15, -0.1) is 11.3 Å². The Kier molecular flexibility index (Phi) is 3.34. The fourth-order valence-corrected chi connectivity index (χ4v) is 2.14. The summed E-state index contributed by atoms with van der Waals surface area (Å²) in [5.74, 6) is 0.0205. The molecule has 88 valence electrons. The van der Waals surface area contributed by atoms with E-state index < -0.39 is 5.91 Å². The maximum absolute atomic E-state index is 11.2. The Bertz CT molecular complexity index is 538. The largest absolute Gasteiger partial charge is 0.365 e. The molecule has 17 heavy (non-hydrogen) atoms. The second-order valence-corrected chi connectivity index (χ2v) is 4.78. The Morgan fingerprint density at radius 3 is 3.00 bits per heavy atom. The van der Waals surface area contributed by atoms with E-state index in [1.165, 1.54) is 0 Å². The topological polar surface area (TPSA) is 80.9 Å². The smallest absolute Gasteiger partial charge is 0.252 e. The van der Waals surface area contributed by atoms with Gasteiger partial charge in [-0.2, -0.15) is 0 Å². The number of aryl methyl sites for hydroxylation is 1. The monoisotopic (exact) mass is 248 g/mol. The van der Waals surface area contributed by atoms with Crippen molar-refractivity contribution < 1.29 is 4.79 Å². The summed E-state index contributed by atoms with van der Waals surface area (Å²) in [5, 5.41) is 4.09. The number of carbonyl (C=O) groups is 1. The number of nitrogens with two attached hydrogens (primary N) is 1. The Balaban J connectivity index is 2.11. The lowest BCUT2D eigenvalue weighted by Gasteiger charge is -2.06. The lowest BCUT2D eigenvalue weighted by molar-refractivity contribution is 0.100. The third kappa shape index (κ3) is 2.79. The molecule has 1 amide bonds. The van der Waals surface area contributed by atoms with Crippen LogP contribution in [0.1, 0.15) is 20.2 Å². The van der Waals surface area contributed by atoms with Gasteiger partial charge < -0.3 is 11.1 Å². The number of nitrogens with zero attached hydrogens (tertiary/aromatic N) is 2. The Labute approximate surface area is 103 Å². The predicted molar refractivity (Wildman–Crippen MR) is 66.9 cm³/mol. The maximum Gasteiger partial charge on any atom is 0.252 e. The lowest BCUT2D eigenvalue weighted by atomic mass is 10.2. The number of anilines is 1. The third-order valence-electron chi connectivity index (χ3n) is 2.17. The SMILES string of the molecule is Cc1ncc(CNc2ncccc2C(N)=O)s1. The molecule has 0 unspecified atom stereocenters. The van der Waals surface area contributed by atoms with Crippen LogP contribution in [0.4, 0.5) is 5.82 Å². The number of rotatable bonds is 4. The number of pyridine rings is 1. The molecule has 2 heterocycles. The summed E-state index contributed by atoms with van der Waals surface area (Å²) >= 11 is 1.60. The fourth-order valence-electron chi connectivity index (χ4n) is 1.40. The van der Waals surface area contributed by atoms with Crippen LogP contribution in [-0.4, -0.2) is 15.9 Å². The van der Waals surface area contributed by atoms with Gasteiger partial charge in [0.2, 0.25) is 0 Å². The Morgan fingerprint density at radius 1 is 1.53 bits per heavy atom. The molecule has 2 rings (SSSR count). The van der Waals surface area contributed by atoms with Crippen molar-refractivity contribution in [2.24, 2.45) is 5.73 Å². The van der Waals surface area contributed by atoms with Crippen molar-refractivity contribution in [3.8, 4) is 0 Å². The molecule has 0 aromatic carbocycles.